The number of likely N-dealkylation sites (tertiary alicyclic amines) is 1. The molecule has 2 bridgehead atoms. The SMILES string of the molecule is CN(C)C/C=C/C(=O)N1C2CC1CN(C(O)C1CN(C)C1)C2. The van der Waals surface area contributed by atoms with Crippen molar-refractivity contribution in [1.29, 1.82) is 0 Å². The Morgan fingerprint density at radius 2 is 1.91 bits per heavy atom. The summed E-state index contributed by atoms with van der Waals surface area (Å²) in [6, 6.07) is 0.561. The molecule has 1 N–H and O–H groups in total. The quantitative estimate of drug-likeness (QED) is 0.679. The number of carbonyl (C=O) groups excluding carboxylic acids is 1. The van der Waals surface area contributed by atoms with Gasteiger partial charge in [0.15, 0.2) is 0 Å². The van der Waals surface area contributed by atoms with E-state index < -0.39 is 0 Å². The minimum absolute atomic E-state index is 0.126. The van der Waals surface area contributed by atoms with Gasteiger partial charge in [-0.05, 0) is 27.6 Å². The maximum Gasteiger partial charge on any atom is 0.246 e. The normalized spacial score (nSPS) is 31.4. The van der Waals surface area contributed by atoms with Gasteiger partial charge in [-0.1, -0.05) is 6.08 Å². The smallest absolute Gasteiger partial charge is 0.246 e. The van der Waals surface area contributed by atoms with Gasteiger partial charge >= 0.3 is 0 Å². The van der Waals surface area contributed by atoms with Crippen molar-refractivity contribution in [3.05, 3.63) is 12.2 Å². The number of nitrogens with zero attached hydrogens (tertiary/aromatic N) is 4. The van der Waals surface area contributed by atoms with Crippen LogP contribution in [0.2, 0.25) is 0 Å². The Hall–Kier alpha value is -0.950. The van der Waals surface area contributed by atoms with E-state index in [9.17, 15) is 9.90 Å². The second-order valence-corrected chi connectivity index (χ2v) is 7.30. The monoisotopic (exact) mass is 308 g/mol. The third kappa shape index (κ3) is 3.06. The first-order valence-electron chi connectivity index (χ1n) is 8.20. The summed E-state index contributed by atoms with van der Waals surface area (Å²) >= 11 is 0. The molecule has 3 atom stereocenters. The van der Waals surface area contributed by atoms with Gasteiger partial charge in [0.05, 0.1) is 0 Å². The summed E-state index contributed by atoms with van der Waals surface area (Å²) in [6.45, 7) is 4.36. The fourth-order valence-corrected chi connectivity index (χ4v) is 3.90. The molecule has 0 saturated carbocycles. The number of hydrogen-bond donors (Lipinski definition) is 1. The molecule has 4 fully saturated rings. The number of piperazine rings is 1. The van der Waals surface area contributed by atoms with Crippen LogP contribution in [0.3, 0.4) is 0 Å². The van der Waals surface area contributed by atoms with Gasteiger partial charge in [0.2, 0.25) is 5.91 Å². The third-order valence-electron chi connectivity index (χ3n) is 5.10. The van der Waals surface area contributed by atoms with Gasteiger partial charge in [0.1, 0.15) is 6.23 Å². The Labute approximate surface area is 133 Å². The van der Waals surface area contributed by atoms with Crippen molar-refractivity contribution in [2.45, 2.75) is 24.7 Å². The maximum absolute atomic E-state index is 12.3. The largest absolute Gasteiger partial charge is 0.378 e. The lowest BCUT2D eigenvalue weighted by atomic mass is 9.85. The number of aliphatic hydroxyl groups is 1. The zero-order valence-electron chi connectivity index (χ0n) is 13.9. The highest BCUT2D eigenvalue weighted by molar-refractivity contribution is 5.89. The highest BCUT2D eigenvalue weighted by Gasteiger charge is 2.49. The Morgan fingerprint density at radius 3 is 2.45 bits per heavy atom. The van der Waals surface area contributed by atoms with Crippen LogP contribution in [-0.4, -0.2) is 103 Å². The van der Waals surface area contributed by atoms with E-state index in [0.29, 0.717) is 5.92 Å². The van der Waals surface area contributed by atoms with Crippen LogP contribution in [0.5, 0.6) is 0 Å². The number of likely N-dealkylation sites (N-methyl/N-ethyl adjacent to an activating group) is 1. The van der Waals surface area contributed by atoms with E-state index in [2.05, 4.69) is 16.8 Å². The van der Waals surface area contributed by atoms with E-state index in [1.54, 1.807) is 6.08 Å². The second-order valence-electron chi connectivity index (χ2n) is 7.30. The summed E-state index contributed by atoms with van der Waals surface area (Å²) < 4.78 is 0. The van der Waals surface area contributed by atoms with Crippen LogP contribution in [0.4, 0.5) is 0 Å². The first-order chi connectivity index (χ1) is 10.5. The summed E-state index contributed by atoms with van der Waals surface area (Å²) in [5.74, 6) is 0.493. The predicted octanol–water partition coefficient (Wildman–Crippen LogP) is -0.731. The Bertz CT molecular complexity index is 435. The lowest BCUT2D eigenvalue weighted by molar-refractivity contribution is -0.169. The van der Waals surface area contributed by atoms with Gasteiger partial charge < -0.3 is 19.8 Å². The lowest BCUT2D eigenvalue weighted by Crippen LogP contribution is -2.72. The van der Waals surface area contributed by atoms with Crippen molar-refractivity contribution in [1.82, 2.24) is 19.6 Å². The Balaban J connectivity index is 1.50. The van der Waals surface area contributed by atoms with E-state index in [4.69, 9.17) is 0 Å². The number of carbonyl (C=O) groups is 1. The molecule has 0 aromatic rings. The maximum atomic E-state index is 12.3. The van der Waals surface area contributed by atoms with Gasteiger partial charge in [0, 0.05) is 56.8 Å². The van der Waals surface area contributed by atoms with E-state index in [0.717, 1.165) is 39.1 Å². The van der Waals surface area contributed by atoms with Crippen LogP contribution in [0.15, 0.2) is 12.2 Å². The summed E-state index contributed by atoms with van der Waals surface area (Å²) in [5, 5.41) is 10.5. The zero-order chi connectivity index (χ0) is 15.9. The summed E-state index contributed by atoms with van der Waals surface area (Å²) in [6.07, 6.45) is 4.36. The minimum atomic E-state index is -0.344. The van der Waals surface area contributed by atoms with E-state index in [1.807, 2.05) is 30.0 Å². The molecular formula is C16H28N4O2. The van der Waals surface area contributed by atoms with Crippen LogP contribution < -0.4 is 0 Å². The highest BCUT2D eigenvalue weighted by atomic mass is 16.3. The third-order valence-corrected chi connectivity index (χ3v) is 5.10. The second kappa shape index (κ2) is 6.28. The van der Waals surface area contributed by atoms with E-state index in [-0.39, 0.29) is 24.2 Å². The molecule has 22 heavy (non-hydrogen) atoms. The number of rotatable bonds is 5. The molecule has 4 heterocycles. The van der Waals surface area contributed by atoms with Crippen LogP contribution >= 0.6 is 0 Å². The number of fused-ring (bicyclic) bond motifs is 2. The molecule has 0 spiro atoms. The summed E-state index contributed by atoms with van der Waals surface area (Å²) in [5.41, 5.74) is 0. The first kappa shape index (κ1) is 15.9. The van der Waals surface area contributed by atoms with Crippen molar-refractivity contribution in [3.8, 4) is 0 Å². The molecule has 4 saturated heterocycles. The molecule has 3 unspecified atom stereocenters. The Morgan fingerprint density at radius 1 is 1.27 bits per heavy atom. The van der Waals surface area contributed by atoms with Crippen molar-refractivity contribution >= 4 is 5.91 Å². The van der Waals surface area contributed by atoms with E-state index >= 15 is 0 Å². The van der Waals surface area contributed by atoms with Crippen LogP contribution in [0.1, 0.15) is 6.42 Å². The van der Waals surface area contributed by atoms with Gasteiger partial charge in [-0.2, -0.15) is 0 Å². The molecule has 4 aliphatic heterocycles. The molecule has 1 amide bonds. The molecule has 6 heteroatoms. The molecular weight excluding hydrogens is 280 g/mol. The molecule has 124 valence electrons. The molecule has 0 aliphatic carbocycles. The number of aliphatic hydroxyl groups excluding tert-OH is 1. The van der Waals surface area contributed by atoms with Crippen molar-refractivity contribution < 1.29 is 9.90 Å². The zero-order valence-corrected chi connectivity index (χ0v) is 13.9. The van der Waals surface area contributed by atoms with Crippen molar-refractivity contribution in [2.24, 2.45) is 5.92 Å². The van der Waals surface area contributed by atoms with Gasteiger partial charge in [0.25, 0.3) is 0 Å². The predicted molar refractivity (Wildman–Crippen MR) is 85.3 cm³/mol. The number of amides is 1. The molecule has 4 rings (SSSR count). The number of piperidine rings is 1. The minimum Gasteiger partial charge on any atom is -0.378 e. The van der Waals surface area contributed by atoms with Gasteiger partial charge in [-0.15, -0.1) is 0 Å². The lowest BCUT2D eigenvalue weighted by Gasteiger charge is -2.58. The fourth-order valence-electron chi connectivity index (χ4n) is 3.90. The van der Waals surface area contributed by atoms with Crippen LogP contribution in [-0.2, 0) is 4.79 Å². The Kier molecular flexibility index (Phi) is 4.54. The molecule has 0 radical (unpaired) electrons. The standard InChI is InChI=1S/C16H28N4O2/c1-17(2)6-4-5-15(21)20-13-7-14(20)11-19(10-13)16(22)12-8-18(3)9-12/h4-5,12-14,16,22H,6-11H2,1-3H3/b5-4+. The molecule has 4 aliphatic rings. The van der Waals surface area contributed by atoms with Gasteiger partial charge in [-0.3, -0.25) is 9.69 Å². The summed E-state index contributed by atoms with van der Waals surface area (Å²) in [4.78, 5) is 20.7. The molecule has 6 nitrogen and oxygen atoms in total. The topological polar surface area (TPSA) is 50.3 Å². The summed E-state index contributed by atoms with van der Waals surface area (Å²) in [7, 11) is 6.06. The van der Waals surface area contributed by atoms with Gasteiger partial charge in [-0.25, -0.2) is 0 Å². The molecule has 0 aromatic carbocycles. The molecule has 0 aromatic heterocycles. The fraction of sp³-hybridized carbons (Fsp3) is 0.812. The van der Waals surface area contributed by atoms with Crippen molar-refractivity contribution in [2.75, 3.05) is 53.9 Å². The highest BCUT2D eigenvalue weighted by Crippen LogP contribution is 2.34. The first-order valence-corrected chi connectivity index (χ1v) is 8.20. The van der Waals surface area contributed by atoms with Crippen LogP contribution in [0.25, 0.3) is 0 Å². The number of hydrogen-bond acceptors (Lipinski definition) is 5. The average molecular weight is 308 g/mol. The van der Waals surface area contributed by atoms with E-state index in [1.165, 1.54) is 0 Å². The van der Waals surface area contributed by atoms with Crippen molar-refractivity contribution in [3.63, 3.8) is 0 Å². The van der Waals surface area contributed by atoms with Crippen LogP contribution in [0, 0.1) is 5.92 Å². The average Bonchev–Trinajstić information content (AvgIpc) is 2.42.